The standard InChI is InChI=1S/C17H24N2O3S/c1-14-5-4-12-19(13-14)23(21,22)16-8-6-15(7-9-16)17(20)18-10-2-3-11-18/h6-9,14H,2-5,10-13H2,1H3/t14-/m1/s1. The highest BCUT2D eigenvalue weighted by molar-refractivity contribution is 7.89. The molecule has 5 nitrogen and oxygen atoms in total. The monoisotopic (exact) mass is 336 g/mol. The molecule has 0 aromatic heterocycles. The fourth-order valence-corrected chi connectivity index (χ4v) is 4.98. The Morgan fingerprint density at radius 2 is 1.70 bits per heavy atom. The molecular weight excluding hydrogens is 312 g/mol. The van der Waals surface area contributed by atoms with Crippen LogP contribution in [0.3, 0.4) is 0 Å². The lowest BCUT2D eigenvalue weighted by molar-refractivity contribution is 0.0792. The van der Waals surface area contributed by atoms with Gasteiger partial charge < -0.3 is 4.90 Å². The third-order valence-electron chi connectivity index (χ3n) is 4.75. The quantitative estimate of drug-likeness (QED) is 0.851. The molecule has 2 fully saturated rings. The van der Waals surface area contributed by atoms with E-state index in [-0.39, 0.29) is 10.8 Å². The van der Waals surface area contributed by atoms with Gasteiger partial charge in [0.05, 0.1) is 4.90 Å². The van der Waals surface area contributed by atoms with E-state index < -0.39 is 10.0 Å². The Bertz CT molecular complexity index is 664. The third kappa shape index (κ3) is 3.43. The molecule has 1 aromatic carbocycles. The summed E-state index contributed by atoms with van der Waals surface area (Å²) in [7, 11) is -3.45. The van der Waals surface area contributed by atoms with Gasteiger partial charge in [-0.25, -0.2) is 8.42 Å². The molecule has 0 radical (unpaired) electrons. The molecule has 0 aliphatic carbocycles. The van der Waals surface area contributed by atoms with Gasteiger partial charge in [-0.1, -0.05) is 6.92 Å². The number of sulfonamides is 1. The van der Waals surface area contributed by atoms with Crippen LogP contribution in [0.4, 0.5) is 0 Å². The van der Waals surface area contributed by atoms with Crippen molar-refractivity contribution in [3.63, 3.8) is 0 Å². The van der Waals surface area contributed by atoms with Gasteiger partial charge in [0.2, 0.25) is 10.0 Å². The van der Waals surface area contributed by atoms with Crippen molar-refractivity contribution in [2.75, 3.05) is 26.2 Å². The minimum Gasteiger partial charge on any atom is -0.339 e. The van der Waals surface area contributed by atoms with Gasteiger partial charge in [-0.05, 0) is 55.9 Å². The van der Waals surface area contributed by atoms with Crippen molar-refractivity contribution in [1.82, 2.24) is 9.21 Å². The summed E-state index contributed by atoms with van der Waals surface area (Å²) < 4.78 is 27.0. The Morgan fingerprint density at radius 1 is 1.04 bits per heavy atom. The van der Waals surface area contributed by atoms with Crippen molar-refractivity contribution in [3.8, 4) is 0 Å². The molecule has 0 N–H and O–H groups in total. The van der Waals surface area contributed by atoms with Crippen molar-refractivity contribution >= 4 is 15.9 Å². The highest BCUT2D eigenvalue weighted by atomic mass is 32.2. The fraction of sp³-hybridized carbons (Fsp3) is 0.588. The predicted molar refractivity (Wildman–Crippen MR) is 88.7 cm³/mol. The largest absolute Gasteiger partial charge is 0.339 e. The number of rotatable bonds is 3. The van der Waals surface area contributed by atoms with Crippen LogP contribution < -0.4 is 0 Å². The second-order valence-corrected chi connectivity index (χ2v) is 8.57. The molecule has 2 aliphatic rings. The molecule has 6 heteroatoms. The third-order valence-corrected chi connectivity index (χ3v) is 6.63. The molecule has 3 rings (SSSR count). The van der Waals surface area contributed by atoms with Gasteiger partial charge in [-0.2, -0.15) is 4.31 Å². The van der Waals surface area contributed by atoms with Gasteiger partial charge in [0, 0.05) is 31.7 Å². The van der Waals surface area contributed by atoms with E-state index in [1.807, 2.05) is 4.90 Å². The van der Waals surface area contributed by atoms with Crippen LogP contribution in [-0.4, -0.2) is 49.7 Å². The first-order valence-corrected chi connectivity index (χ1v) is 9.82. The van der Waals surface area contributed by atoms with E-state index in [1.54, 1.807) is 28.6 Å². The van der Waals surface area contributed by atoms with E-state index in [9.17, 15) is 13.2 Å². The van der Waals surface area contributed by atoms with Gasteiger partial charge in [0.1, 0.15) is 0 Å². The Balaban J connectivity index is 1.77. The van der Waals surface area contributed by atoms with E-state index in [4.69, 9.17) is 0 Å². The minimum atomic E-state index is -3.45. The number of likely N-dealkylation sites (tertiary alicyclic amines) is 1. The first-order chi connectivity index (χ1) is 11.0. The molecule has 0 spiro atoms. The SMILES string of the molecule is C[C@@H]1CCCN(S(=O)(=O)c2ccc(C(=O)N3CCCC3)cc2)C1. The number of carbonyl (C=O) groups excluding carboxylic acids is 1. The van der Waals surface area contributed by atoms with Gasteiger partial charge in [0.25, 0.3) is 5.91 Å². The second-order valence-electron chi connectivity index (χ2n) is 6.63. The molecule has 126 valence electrons. The molecule has 2 aliphatic heterocycles. The summed E-state index contributed by atoms with van der Waals surface area (Å²) in [5.74, 6) is 0.396. The van der Waals surface area contributed by atoms with E-state index in [2.05, 4.69) is 6.92 Å². The summed E-state index contributed by atoms with van der Waals surface area (Å²) in [6, 6.07) is 6.41. The Kier molecular flexibility index (Phi) is 4.73. The van der Waals surface area contributed by atoms with E-state index >= 15 is 0 Å². The smallest absolute Gasteiger partial charge is 0.253 e. The van der Waals surface area contributed by atoms with Crippen LogP contribution in [0.5, 0.6) is 0 Å². The summed E-state index contributed by atoms with van der Waals surface area (Å²) in [5, 5.41) is 0. The molecule has 23 heavy (non-hydrogen) atoms. The zero-order valence-corrected chi connectivity index (χ0v) is 14.4. The van der Waals surface area contributed by atoms with E-state index in [0.29, 0.717) is 24.6 Å². The molecule has 0 unspecified atom stereocenters. The van der Waals surface area contributed by atoms with Crippen LogP contribution in [0, 0.1) is 5.92 Å². The average molecular weight is 336 g/mol. The fourth-order valence-electron chi connectivity index (χ4n) is 3.39. The maximum atomic E-state index is 12.7. The Labute approximate surface area is 138 Å². The molecule has 0 saturated carbocycles. The Morgan fingerprint density at radius 3 is 2.30 bits per heavy atom. The van der Waals surface area contributed by atoms with E-state index in [1.165, 1.54) is 0 Å². The predicted octanol–water partition coefficient (Wildman–Crippen LogP) is 2.34. The summed E-state index contributed by atoms with van der Waals surface area (Å²) in [6.07, 6.45) is 4.08. The van der Waals surface area contributed by atoms with Crippen LogP contribution in [0.2, 0.25) is 0 Å². The van der Waals surface area contributed by atoms with Crippen LogP contribution >= 0.6 is 0 Å². The number of amides is 1. The van der Waals surface area contributed by atoms with Gasteiger partial charge >= 0.3 is 0 Å². The van der Waals surface area contributed by atoms with Crippen LogP contribution in [-0.2, 0) is 10.0 Å². The maximum Gasteiger partial charge on any atom is 0.253 e. The van der Waals surface area contributed by atoms with Crippen LogP contribution in [0.1, 0.15) is 43.0 Å². The van der Waals surface area contributed by atoms with Crippen molar-refractivity contribution in [2.45, 2.75) is 37.5 Å². The van der Waals surface area contributed by atoms with Crippen molar-refractivity contribution < 1.29 is 13.2 Å². The minimum absolute atomic E-state index is 0.00181. The molecule has 1 atom stereocenters. The number of hydrogen-bond donors (Lipinski definition) is 0. The zero-order chi connectivity index (χ0) is 16.4. The van der Waals surface area contributed by atoms with Gasteiger partial charge in [0.15, 0.2) is 0 Å². The molecular formula is C17H24N2O3S. The molecule has 0 bridgehead atoms. The lowest BCUT2D eigenvalue weighted by Gasteiger charge is -2.30. The highest BCUT2D eigenvalue weighted by Gasteiger charge is 2.29. The lowest BCUT2D eigenvalue weighted by Crippen LogP contribution is -2.39. The number of piperidine rings is 1. The number of hydrogen-bond acceptors (Lipinski definition) is 3. The summed E-state index contributed by atoms with van der Waals surface area (Å²) in [4.78, 5) is 14.4. The van der Waals surface area contributed by atoms with Crippen molar-refractivity contribution in [2.24, 2.45) is 5.92 Å². The molecule has 1 amide bonds. The van der Waals surface area contributed by atoms with Gasteiger partial charge in [-0.15, -0.1) is 0 Å². The maximum absolute atomic E-state index is 12.7. The lowest BCUT2D eigenvalue weighted by atomic mass is 10.0. The van der Waals surface area contributed by atoms with Crippen LogP contribution in [0.15, 0.2) is 29.2 Å². The normalized spacial score (nSPS) is 23.2. The van der Waals surface area contributed by atoms with E-state index in [0.717, 1.165) is 38.8 Å². The average Bonchev–Trinajstić information content (AvgIpc) is 3.09. The number of benzene rings is 1. The van der Waals surface area contributed by atoms with Crippen molar-refractivity contribution in [1.29, 1.82) is 0 Å². The Hall–Kier alpha value is -1.40. The number of nitrogens with zero attached hydrogens (tertiary/aromatic N) is 2. The first kappa shape index (κ1) is 16.5. The van der Waals surface area contributed by atoms with Gasteiger partial charge in [-0.3, -0.25) is 4.79 Å². The second kappa shape index (κ2) is 6.61. The van der Waals surface area contributed by atoms with Crippen LogP contribution in [0.25, 0.3) is 0 Å². The summed E-state index contributed by atoms with van der Waals surface area (Å²) >= 11 is 0. The molecule has 2 saturated heterocycles. The highest BCUT2D eigenvalue weighted by Crippen LogP contribution is 2.24. The summed E-state index contributed by atoms with van der Waals surface area (Å²) in [5.41, 5.74) is 0.567. The number of carbonyl (C=O) groups is 1. The van der Waals surface area contributed by atoms with Crippen molar-refractivity contribution in [3.05, 3.63) is 29.8 Å². The molecule has 2 heterocycles. The zero-order valence-electron chi connectivity index (χ0n) is 13.6. The topological polar surface area (TPSA) is 57.7 Å². The molecule has 1 aromatic rings. The first-order valence-electron chi connectivity index (χ1n) is 8.38. The summed E-state index contributed by atoms with van der Waals surface area (Å²) in [6.45, 7) is 4.84.